The first-order chi connectivity index (χ1) is 11.0. The van der Waals surface area contributed by atoms with Gasteiger partial charge in [-0.3, -0.25) is 4.79 Å². The maximum absolute atomic E-state index is 11.8. The number of aromatic nitrogens is 4. The SMILES string of the molecule is CC(=O)NC1(c2nnnn2-c2ccccc2C)CCC(C)CC1. The molecular formula is C17H23N5O. The highest BCUT2D eigenvalue weighted by molar-refractivity contribution is 5.74. The van der Waals surface area contributed by atoms with Crippen LogP contribution in [0.5, 0.6) is 0 Å². The normalized spacial score (nSPS) is 24.4. The highest BCUT2D eigenvalue weighted by atomic mass is 16.1. The number of nitrogens with one attached hydrogen (secondary N) is 1. The van der Waals surface area contributed by atoms with Crippen LogP contribution in [-0.4, -0.2) is 26.1 Å². The van der Waals surface area contributed by atoms with Crippen molar-refractivity contribution in [2.45, 2.75) is 52.0 Å². The lowest BCUT2D eigenvalue weighted by molar-refractivity contribution is -0.121. The Morgan fingerprint density at radius 1 is 1.30 bits per heavy atom. The second-order valence-electron chi connectivity index (χ2n) is 6.65. The first kappa shape index (κ1) is 15.6. The summed E-state index contributed by atoms with van der Waals surface area (Å²) in [5, 5.41) is 15.5. The summed E-state index contributed by atoms with van der Waals surface area (Å²) in [7, 11) is 0. The van der Waals surface area contributed by atoms with Crippen molar-refractivity contribution in [2.75, 3.05) is 0 Å². The predicted octanol–water partition coefficient (Wildman–Crippen LogP) is 2.51. The van der Waals surface area contributed by atoms with Crippen molar-refractivity contribution in [3.05, 3.63) is 35.7 Å². The Kier molecular flexibility index (Phi) is 4.15. The molecule has 0 saturated heterocycles. The summed E-state index contributed by atoms with van der Waals surface area (Å²) in [4.78, 5) is 11.8. The third kappa shape index (κ3) is 2.98. The molecule has 1 amide bonds. The van der Waals surface area contributed by atoms with Crippen molar-refractivity contribution in [1.29, 1.82) is 0 Å². The van der Waals surface area contributed by atoms with Gasteiger partial charge in [0, 0.05) is 6.92 Å². The number of aryl methyl sites for hydroxylation is 1. The molecule has 0 radical (unpaired) electrons. The Balaban J connectivity index is 2.07. The molecule has 6 nitrogen and oxygen atoms in total. The number of amides is 1. The van der Waals surface area contributed by atoms with Gasteiger partial charge in [-0.05, 0) is 60.6 Å². The van der Waals surface area contributed by atoms with E-state index in [1.165, 1.54) is 0 Å². The van der Waals surface area contributed by atoms with Crippen LogP contribution in [0.3, 0.4) is 0 Å². The minimum atomic E-state index is -0.482. The molecule has 2 aromatic rings. The summed E-state index contributed by atoms with van der Waals surface area (Å²) < 4.78 is 1.78. The van der Waals surface area contributed by atoms with Crippen LogP contribution in [0.25, 0.3) is 5.69 Å². The van der Waals surface area contributed by atoms with Crippen LogP contribution in [0.1, 0.15) is 50.9 Å². The van der Waals surface area contributed by atoms with E-state index >= 15 is 0 Å². The third-order valence-electron chi connectivity index (χ3n) is 4.78. The molecule has 0 unspecified atom stereocenters. The van der Waals surface area contributed by atoms with Crippen LogP contribution in [0.4, 0.5) is 0 Å². The van der Waals surface area contributed by atoms with Crippen molar-refractivity contribution in [1.82, 2.24) is 25.5 Å². The lowest BCUT2D eigenvalue weighted by atomic mass is 9.76. The van der Waals surface area contributed by atoms with E-state index in [9.17, 15) is 4.79 Å². The Morgan fingerprint density at radius 2 is 2.00 bits per heavy atom. The predicted molar refractivity (Wildman–Crippen MR) is 87.0 cm³/mol. The average molecular weight is 313 g/mol. The number of carbonyl (C=O) groups is 1. The van der Waals surface area contributed by atoms with Gasteiger partial charge in [-0.15, -0.1) is 5.10 Å². The molecule has 23 heavy (non-hydrogen) atoms. The monoisotopic (exact) mass is 313 g/mol. The smallest absolute Gasteiger partial charge is 0.217 e. The number of benzene rings is 1. The number of hydrogen-bond donors (Lipinski definition) is 1. The molecule has 3 rings (SSSR count). The van der Waals surface area contributed by atoms with Gasteiger partial charge >= 0.3 is 0 Å². The summed E-state index contributed by atoms with van der Waals surface area (Å²) in [5.41, 5.74) is 1.57. The largest absolute Gasteiger partial charge is 0.344 e. The van der Waals surface area contributed by atoms with Crippen molar-refractivity contribution in [3.63, 3.8) is 0 Å². The molecule has 1 aliphatic carbocycles. The van der Waals surface area contributed by atoms with Crippen LogP contribution in [-0.2, 0) is 10.3 Å². The summed E-state index contributed by atoms with van der Waals surface area (Å²) in [5.74, 6) is 1.35. The molecule has 0 aliphatic heterocycles. The molecule has 1 N–H and O–H groups in total. The van der Waals surface area contributed by atoms with Crippen molar-refractivity contribution in [2.24, 2.45) is 5.92 Å². The molecule has 0 spiro atoms. The van der Waals surface area contributed by atoms with Gasteiger partial charge < -0.3 is 5.32 Å². The van der Waals surface area contributed by atoms with E-state index in [2.05, 4.69) is 27.8 Å². The van der Waals surface area contributed by atoms with Gasteiger partial charge in [-0.1, -0.05) is 25.1 Å². The van der Waals surface area contributed by atoms with Gasteiger partial charge in [0.15, 0.2) is 5.82 Å². The van der Waals surface area contributed by atoms with E-state index in [-0.39, 0.29) is 5.91 Å². The second-order valence-corrected chi connectivity index (χ2v) is 6.65. The van der Waals surface area contributed by atoms with Crippen LogP contribution >= 0.6 is 0 Å². The van der Waals surface area contributed by atoms with Crippen molar-refractivity contribution < 1.29 is 4.79 Å². The molecule has 6 heteroatoms. The fourth-order valence-corrected chi connectivity index (χ4v) is 3.45. The molecule has 1 aromatic heterocycles. The summed E-state index contributed by atoms with van der Waals surface area (Å²) in [6, 6.07) is 8.01. The Hall–Kier alpha value is -2.24. The minimum Gasteiger partial charge on any atom is -0.344 e. The van der Waals surface area contributed by atoms with Gasteiger partial charge in [-0.25, -0.2) is 0 Å². The van der Waals surface area contributed by atoms with E-state index in [1.54, 1.807) is 11.6 Å². The number of rotatable bonds is 3. The van der Waals surface area contributed by atoms with Crippen molar-refractivity contribution in [3.8, 4) is 5.69 Å². The fraction of sp³-hybridized carbons (Fsp3) is 0.529. The Morgan fingerprint density at radius 3 is 2.65 bits per heavy atom. The first-order valence-corrected chi connectivity index (χ1v) is 8.15. The maximum atomic E-state index is 11.8. The van der Waals surface area contributed by atoms with E-state index in [1.807, 2.05) is 31.2 Å². The Bertz CT molecular complexity index is 701. The van der Waals surface area contributed by atoms with Gasteiger partial charge in [-0.2, -0.15) is 4.68 Å². The third-order valence-corrected chi connectivity index (χ3v) is 4.78. The number of carbonyl (C=O) groups excluding carboxylic acids is 1. The zero-order chi connectivity index (χ0) is 16.4. The second kappa shape index (κ2) is 6.10. The highest BCUT2D eigenvalue weighted by Crippen LogP contribution is 2.39. The summed E-state index contributed by atoms with van der Waals surface area (Å²) in [6.45, 7) is 5.85. The number of tetrazole rings is 1. The maximum Gasteiger partial charge on any atom is 0.217 e. The molecule has 1 fully saturated rings. The van der Waals surface area contributed by atoms with Crippen LogP contribution in [0.15, 0.2) is 24.3 Å². The van der Waals surface area contributed by atoms with Gasteiger partial charge in [0.1, 0.15) is 5.54 Å². The number of hydrogen-bond acceptors (Lipinski definition) is 4. The topological polar surface area (TPSA) is 72.7 Å². The van der Waals surface area contributed by atoms with Crippen LogP contribution in [0.2, 0.25) is 0 Å². The summed E-state index contributed by atoms with van der Waals surface area (Å²) >= 11 is 0. The lowest BCUT2D eigenvalue weighted by Gasteiger charge is -2.38. The quantitative estimate of drug-likeness (QED) is 0.945. The van der Waals surface area contributed by atoms with E-state index in [0.717, 1.165) is 42.8 Å². The van der Waals surface area contributed by atoms with Crippen LogP contribution < -0.4 is 5.32 Å². The molecule has 1 aromatic carbocycles. The number of nitrogens with zero attached hydrogens (tertiary/aromatic N) is 4. The molecule has 0 bridgehead atoms. The zero-order valence-electron chi connectivity index (χ0n) is 13.9. The van der Waals surface area contributed by atoms with E-state index < -0.39 is 5.54 Å². The molecule has 1 saturated carbocycles. The standard InChI is InChI=1S/C17H23N5O/c1-12-8-10-17(11-9-12,18-14(3)23)16-19-20-21-22(16)15-7-5-4-6-13(15)2/h4-7,12H,8-11H2,1-3H3,(H,18,23). The minimum absolute atomic E-state index is 0.0427. The van der Waals surface area contributed by atoms with Crippen molar-refractivity contribution >= 4 is 5.91 Å². The van der Waals surface area contributed by atoms with Gasteiger partial charge in [0.25, 0.3) is 0 Å². The summed E-state index contributed by atoms with van der Waals surface area (Å²) in [6.07, 6.45) is 3.84. The molecule has 122 valence electrons. The first-order valence-electron chi connectivity index (χ1n) is 8.15. The average Bonchev–Trinajstić information content (AvgIpc) is 3.00. The lowest BCUT2D eigenvalue weighted by Crippen LogP contribution is -2.49. The van der Waals surface area contributed by atoms with Gasteiger partial charge in [0.05, 0.1) is 5.69 Å². The fourth-order valence-electron chi connectivity index (χ4n) is 3.45. The van der Waals surface area contributed by atoms with E-state index in [0.29, 0.717) is 5.92 Å². The van der Waals surface area contributed by atoms with E-state index in [4.69, 9.17) is 0 Å². The molecular weight excluding hydrogens is 290 g/mol. The van der Waals surface area contributed by atoms with Gasteiger partial charge in [0.2, 0.25) is 5.91 Å². The molecule has 1 heterocycles. The van der Waals surface area contributed by atoms with Crippen LogP contribution in [0, 0.1) is 12.8 Å². The molecule has 0 atom stereocenters. The highest BCUT2D eigenvalue weighted by Gasteiger charge is 2.41. The zero-order valence-corrected chi connectivity index (χ0v) is 13.9. The molecule has 1 aliphatic rings. The Labute approximate surface area is 136 Å². The number of para-hydroxylation sites is 1.